The molecular formula is C34H44F2N4O6. The van der Waals surface area contributed by atoms with Crippen molar-refractivity contribution in [3.05, 3.63) is 23.9 Å². The Bertz CT molecular complexity index is 1560. The Hall–Kier alpha value is -3.57. The molecule has 6 rings (SSSR count). The van der Waals surface area contributed by atoms with Gasteiger partial charge in [0.1, 0.15) is 29.2 Å². The second-order valence-electron chi connectivity index (χ2n) is 14.8. The molecule has 46 heavy (non-hydrogen) atoms. The van der Waals surface area contributed by atoms with Gasteiger partial charge in [-0.1, -0.05) is 34.1 Å². The number of hydrogen-bond acceptors (Lipinski definition) is 8. The number of carbonyl (C=O) groups is 3. The van der Waals surface area contributed by atoms with E-state index < -0.39 is 64.9 Å². The number of Topliss-reactive ketones (excluding diaryl/α,β-unsaturated/α-hetero) is 1. The number of fused-ring (bicyclic) bond motifs is 7. The molecule has 12 heteroatoms. The van der Waals surface area contributed by atoms with Crippen LogP contribution >= 0.6 is 0 Å². The first-order valence-electron chi connectivity index (χ1n) is 16.3. The summed E-state index contributed by atoms with van der Waals surface area (Å²) in [6.45, 7) is 10.7. The van der Waals surface area contributed by atoms with Gasteiger partial charge < -0.3 is 24.4 Å². The molecule has 0 spiro atoms. The summed E-state index contributed by atoms with van der Waals surface area (Å²) in [4.78, 5) is 51.5. The van der Waals surface area contributed by atoms with Gasteiger partial charge in [0, 0.05) is 23.8 Å². The predicted molar refractivity (Wildman–Crippen MR) is 165 cm³/mol. The van der Waals surface area contributed by atoms with E-state index in [2.05, 4.69) is 5.32 Å². The van der Waals surface area contributed by atoms with Gasteiger partial charge in [-0.15, -0.1) is 0 Å². The quantitative estimate of drug-likeness (QED) is 0.455. The van der Waals surface area contributed by atoms with Crippen molar-refractivity contribution in [2.45, 2.75) is 109 Å². The molecule has 2 unspecified atom stereocenters. The van der Waals surface area contributed by atoms with Gasteiger partial charge in [0.15, 0.2) is 5.78 Å². The predicted octanol–water partition coefficient (Wildman–Crippen LogP) is 5.66. The normalized spacial score (nSPS) is 34.1. The van der Waals surface area contributed by atoms with Crippen LogP contribution in [0.5, 0.6) is 11.6 Å². The van der Waals surface area contributed by atoms with Gasteiger partial charge in [-0.3, -0.25) is 9.59 Å². The minimum absolute atomic E-state index is 0.00639. The average molecular weight is 643 g/mol. The van der Waals surface area contributed by atoms with Gasteiger partial charge in [0.2, 0.25) is 11.8 Å². The van der Waals surface area contributed by atoms with Crippen LogP contribution in [0, 0.1) is 23.2 Å². The number of benzene rings is 1. The maximum Gasteiger partial charge on any atom is 0.408 e. The summed E-state index contributed by atoms with van der Waals surface area (Å²) in [6.07, 6.45) is 1.09. The van der Waals surface area contributed by atoms with Crippen molar-refractivity contribution < 1.29 is 37.4 Å². The van der Waals surface area contributed by atoms with Crippen LogP contribution in [0.3, 0.4) is 0 Å². The van der Waals surface area contributed by atoms with Gasteiger partial charge >= 0.3 is 6.09 Å². The molecule has 2 aliphatic heterocycles. The molecule has 2 amide bonds. The zero-order chi connectivity index (χ0) is 33.3. The lowest BCUT2D eigenvalue weighted by Crippen LogP contribution is -2.57. The van der Waals surface area contributed by atoms with E-state index in [1.165, 1.54) is 18.9 Å². The number of rotatable bonds is 3. The molecule has 1 N–H and O–H groups in total. The number of alkyl carbamates (subject to hydrolysis) is 1. The van der Waals surface area contributed by atoms with Crippen LogP contribution in [0.2, 0.25) is 0 Å². The molecule has 2 bridgehead atoms. The first-order chi connectivity index (χ1) is 21.6. The van der Waals surface area contributed by atoms with Crippen LogP contribution in [0.25, 0.3) is 11.0 Å². The molecule has 3 heterocycles. The Morgan fingerprint density at radius 2 is 1.91 bits per heavy atom. The van der Waals surface area contributed by atoms with E-state index >= 15 is 8.78 Å². The van der Waals surface area contributed by atoms with Crippen molar-refractivity contribution >= 4 is 28.8 Å². The second-order valence-corrected chi connectivity index (χ2v) is 14.8. The largest absolute Gasteiger partial charge is 0.497 e. The average Bonchev–Trinajstić information content (AvgIpc) is 3.70. The van der Waals surface area contributed by atoms with Gasteiger partial charge in [-0.2, -0.15) is 0 Å². The number of carbonyl (C=O) groups excluding carboxylic acids is 3. The second kappa shape index (κ2) is 11.3. The topological polar surface area (TPSA) is 120 Å². The van der Waals surface area contributed by atoms with Crippen molar-refractivity contribution in [1.82, 2.24) is 20.2 Å². The Morgan fingerprint density at radius 3 is 2.57 bits per heavy atom. The van der Waals surface area contributed by atoms with Crippen molar-refractivity contribution in [3.8, 4) is 11.6 Å². The van der Waals surface area contributed by atoms with Crippen LogP contribution in [0.1, 0.15) is 85.3 Å². The molecule has 2 aliphatic carbocycles. The van der Waals surface area contributed by atoms with E-state index in [1.807, 2.05) is 34.6 Å². The number of hydrogen-bond donors (Lipinski definition) is 1. The minimum Gasteiger partial charge on any atom is -0.497 e. The molecule has 2 aromatic rings. The zero-order valence-corrected chi connectivity index (χ0v) is 27.6. The van der Waals surface area contributed by atoms with Crippen molar-refractivity contribution in [3.63, 3.8) is 0 Å². The zero-order valence-electron chi connectivity index (χ0n) is 27.6. The maximum absolute atomic E-state index is 15.5. The fourth-order valence-electron chi connectivity index (χ4n) is 7.67. The van der Waals surface area contributed by atoms with E-state index in [4.69, 9.17) is 24.2 Å². The number of ether oxygens (including phenoxy) is 3. The van der Waals surface area contributed by atoms with Crippen LogP contribution in [-0.4, -0.2) is 76.0 Å². The monoisotopic (exact) mass is 642 g/mol. The highest BCUT2D eigenvalue weighted by molar-refractivity contribution is 5.92. The van der Waals surface area contributed by atoms with Crippen LogP contribution in [0.15, 0.2) is 18.2 Å². The summed E-state index contributed by atoms with van der Waals surface area (Å²) in [5, 5.41) is 2.80. The number of nitrogens with zero attached hydrogens (tertiary/aromatic N) is 3. The molecule has 8 atom stereocenters. The van der Waals surface area contributed by atoms with Crippen LogP contribution in [0.4, 0.5) is 13.6 Å². The highest BCUT2D eigenvalue weighted by atomic mass is 19.3. The van der Waals surface area contributed by atoms with Crippen molar-refractivity contribution in [2.24, 2.45) is 23.2 Å². The first kappa shape index (κ1) is 32.4. The highest BCUT2D eigenvalue weighted by Gasteiger charge is 2.70. The summed E-state index contributed by atoms with van der Waals surface area (Å²) in [7, 11) is 1.52. The first-order valence-corrected chi connectivity index (χ1v) is 16.3. The lowest BCUT2D eigenvalue weighted by molar-refractivity contribution is -0.141. The molecule has 0 radical (unpaired) electrons. The molecule has 250 valence electrons. The molecule has 1 aromatic carbocycles. The highest BCUT2D eigenvalue weighted by Crippen LogP contribution is 2.65. The Labute approximate surface area is 267 Å². The van der Waals surface area contributed by atoms with E-state index in [-0.39, 0.29) is 36.2 Å². The number of nitrogens with one attached hydrogen (secondary N) is 1. The third-order valence-electron chi connectivity index (χ3n) is 10.5. The molecule has 1 saturated heterocycles. The summed E-state index contributed by atoms with van der Waals surface area (Å²) < 4.78 is 48.8. The van der Waals surface area contributed by atoms with Gasteiger partial charge in [-0.25, -0.2) is 23.5 Å². The lowest BCUT2D eigenvalue weighted by Gasteiger charge is -2.35. The Morgan fingerprint density at radius 1 is 1.17 bits per heavy atom. The summed E-state index contributed by atoms with van der Waals surface area (Å²) in [5.41, 5.74) is -0.491. The SMILES string of the molecule is CC[C@@H]1[C@@H]2CN(C(=O)[C@H](C(C)(C)C)NC(=O)O[C@]3(C)C[C@H]3CCCC3C(c4nc5ccc(OC)cc5nc4O2)C3(F)F)[C@@H]1C(C)=O. The van der Waals surface area contributed by atoms with Gasteiger partial charge in [0.05, 0.1) is 36.6 Å². The third kappa shape index (κ3) is 5.65. The molecule has 10 nitrogen and oxygen atoms in total. The molecular weight excluding hydrogens is 598 g/mol. The Kier molecular flexibility index (Phi) is 7.95. The van der Waals surface area contributed by atoms with Crippen LogP contribution < -0.4 is 14.8 Å². The van der Waals surface area contributed by atoms with Crippen molar-refractivity contribution in [1.29, 1.82) is 0 Å². The molecule has 3 fully saturated rings. The fraction of sp³-hybridized carbons (Fsp3) is 0.676. The number of halogens is 2. The number of methoxy groups -OCH3 is 1. The van der Waals surface area contributed by atoms with E-state index in [0.717, 1.165) is 0 Å². The molecule has 4 aliphatic rings. The smallest absolute Gasteiger partial charge is 0.408 e. The summed E-state index contributed by atoms with van der Waals surface area (Å²) >= 11 is 0. The van der Waals surface area contributed by atoms with E-state index in [1.54, 1.807) is 18.2 Å². The number of alkyl halides is 2. The standard InChI is InChI=1S/C34H44F2N4O6/c1-8-20-24-16-40(27(20)17(2)41)30(42)28(32(3,4)5)39-31(43)46-33(6)15-18(33)10-9-11-21-25(34(21,35)36)26-29(45-24)38-23-14-19(44-7)12-13-22(23)37-26/h12-14,18,20-21,24-25,27-28H,8-11,15-16H2,1-7H3,(H,39,43)/t18-,20-,21?,24+,25?,27-,28-,33-/m1/s1. The molecule has 1 aromatic heterocycles. The number of aromatic nitrogens is 2. The minimum atomic E-state index is -3.00. The number of ketones is 1. The maximum atomic E-state index is 15.5. The lowest BCUT2D eigenvalue weighted by atomic mass is 9.85. The van der Waals surface area contributed by atoms with Gasteiger partial charge in [0.25, 0.3) is 5.92 Å². The summed E-state index contributed by atoms with van der Waals surface area (Å²) in [6, 6.07) is 3.23. The van der Waals surface area contributed by atoms with Gasteiger partial charge in [-0.05, 0) is 57.1 Å². The van der Waals surface area contributed by atoms with Crippen molar-refractivity contribution in [2.75, 3.05) is 13.7 Å². The Balaban J connectivity index is 1.44. The third-order valence-corrected chi connectivity index (χ3v) is 10.5. The molecule has 2 saturated carbocycles. The van der Waals surface area contributed by atoms with E-state index in [0.29, 0.717) is 42.5 Å². The van der Waals surface area contributed by atoms with Crippen LogP contribution in [-0.2, 0) is 14.3 Å². The number of amides is 2. The fourth-order valence-corrected chi connectivity index (χ4v) is 7.67. The van der Waals surface area contributed by atoms with E-state index in [9.17, 15) is 14.4 Å². The summed E-state index contributed by atoms with van der Waals surface area (Å²) in [5.74, 6) is -5.68.